The fraction of sp³-hybridized carbons (Fsp3) is 0.333. The molecule has 1 aromatic carbocycles. The molecule has 3 aromatic rings. The molecule has 1 unspecified atom stereocenters. The predicted molar refractivity (Wildman–Crippen MR) is 99.4 cm³/mol. The minimum atomic E-state index is -2.93. The van der Waals surface area contributed by atoms with E-state index in [1.165, 1.54) is 12.1 Å². The third-order valence-electron chi connectivity index (χ3n) is 3.67. The van der Waals surface area contributed by atoms with Gasteiger partial charge >= 0.3 is 11.8 Å². The van der Waals surface area contributed by atoms with Crippen LogP contribution < -0.4 is 14.2 Å². The summed E-state index contributed by atoms with van der Waals surface area (Å²) in [7, 11) is 0. The van der Waals surface area contributed by atoms with E-state index in [-0.39, 0.29) is 16.7 Å². The molecule has 0 saturated heterocycles. The molecule has 7 nitrogen and oxygen atoms in total. The van der Waals surface area contributed by atoms with Gasteiger partial charge in [-0.1, -0.05) is 0 Å². The van der Waals surface area contributed by atoms with E-state index in [2.05, 4.69) is 19.7 Å². The molecule has 0 aliphatic heterocycles. The highest BCUT2D eigenvalue weighted by Crippen LogP contribution is 2.32. The molecule has 0 aliphatic rings. The van der Waals surface area contributed by atoms with Gasteiger partial charge in [0.25, 0.3) is 0 Å². The minimum Gasteiger partial charge on any atom is -0.609 e. The number of imidazole rings is 1. The van der Waals surface area contributed by atoms with Gasteiger partial charge in [-0.15, -0.1) is 0 Å². The fourth-order valence-electron chi connectivity index (χ4n) is 2.58. The quantitative estimate of drug-likeness (QED) is 0.540. The molecule has 0 aliphatic carbocycles. The summed E-state index contributed by atoms with van der Waals surface area (Å²) in [5.41, 5.74) is 1.42. The van der Waals surface area contributed by atoms with Gasteiger partial charge in [0.15, 0.2) is 17.3 Å². The number of hydrogen-bond acceptors (Lipinski definition) is 6. The summed E-state index contributed by atoms with van der Waals surface area (Å²) in [6, 6.07) is 5.98. The molecule has 0 spiro atoms. The molecule has 150 valence electrons. The van der Waals surface area contributed by atoms with Crippen LogP contribution >= 0.6 is 0 Å². The summed E-state index contributed by atoms with van der Waals surface area (Å²) in [6.45, 7) is 1.63. The van der Waals surface area contributed by atoms with E-state index >= 15 is 0 Å². The van der Waals surface area contributed by atoms with Crippen LogP contribution in [-0.2, 0) is 16.9 Å². The highest BCUT2D eigenvalue weighted by Gasteiger charge is 2.23. The smallest absolute Gasteiger partial charge is 0.387 e. The van der Waals surface area contributed by atoms with Gasteiger partial charge < -0.3 is 18.8 Å². The first kappa shape index (κ1) is 20.2. The summed E-state index contributed by atoms with van der Waals surface area (Å²) < 4.78 is 53.1. The molecule has 1 N–H and O–H groups in total. The van der Waals surface area contributed by atoms with Gasteiger partial charge in [-0.05, 0) is 26.0 Å². The average Bonchev–Trinajstić information content (AvgIpc) is 3.07. The van der Waals surface area contributed by atoms with Crippen molar-refractivity contribution in [3.05, 3.63) is 36.2 Å². The monoisotopic (exact) mass is 411 g/mol. The zero-order valence-electron chi connectivity index (χ0n) is 15.3. The zero-order chi connectivity index (χ0) is 20.1. The van der Waals surface area contributed by atoms with Crippen molar-refractivity contribution < 1.29 is 27.5 Å². The van der Waals surface area contributed by atoms with Crippen LogP contribution in [0.25, 0.3) is 11.0 Å². The number of halogens is 2. The molecule has 28 heavy (non-hydrogen) atoms. The lowest BCUT2D eigenvalue weighted by atomic mass is 10.3. The summed E-state index contributed by atoms with van der Waals surface area (Å²) in [4.78, 5) is 11.4. The lowest BCUT2D eigenvalue weighted by Crippen LogP contribution is -2.11. The van der Waals surface area contributed by atoms with Crippen LogP contribution in [0.15, 0.2) is 35.6 Å². The van der Waals surface area contributed by atoms with E-state index in [0.29, 0.717) is 41.4 Å². The van der Waals surface area contributed by atoms with E-state index in [1.807, 2.05) is 13.8 Å². The maximum atomic E-state index is 12.8. The Morgan fingerprint density at radius 3 is 2.68 bits per heavy atom. The number of nitrogens with zero attached hydrogens (tertiary/aromatic N) is 2. The van der Waals surface area contributed by atoms with Crippen molar-refractivity contribution in [2.45, 2.75) is 31.4 Å². The molecule has 0 radical (unpaired) electrons. The van der Waals surface area contributed by atoms with Gasteiger partial charge in [0.05, 0.1) is 24.2 Å². The summed E-state index contributed by atoms with van der Waals surface area (Å²) in [6.07, 6.45) is 1.56. The van der Waals surface area contributed by atoms with Gasteiger partial charge in [0, 0.05) is 29.5 Å². The predicted octanol–water partition coefficient (Wildman–Crippen LogP) is 3.66. The van der Waals surface area contributed by atoms with Crippen LogP contribution in [0.2, 0.25) is 0 Å². The van der Waals surface area contributed by atoms with Crippen LogP contribution in [0.3, 0.4) is 0 Å². The van der Waals surface area contributed by atoms with E-state index in [0.717, 1.165) is 0 Å². The fourth-order valence-corrected chi connectivity index (χ4v) is 3.60. The van der Waals surface area contributed by atoms with E-state index in [9.17, 15) is 13.3 Å². The molecular formula is C18H19F2N3O4S. The number of rotatable bonds is 9. The first-order valence-corrected chi connectivity index (χ1v) is 9.90. The Balaban J connectivity index is 1.84. The largest absolute Gasteiger partial charge is 0.609 e. The molecule has 10 heteroatoms. The Labute approximate surface area is 163 Å². The Bertz CT molecular complexity index is 938. The number of fused-ring (bicyclic) bond motifs is 1. The Hall–Kier alpha value is -2.59. The van der Waals surface area contributed by atoms with Crippen molar-refractivity contribution >= 4 is 22.2 Å². The first-order valence-electron chi connectivity index (χ1n) is 8.58. The molecule has 2 aromatic heterocycles. The van der Waals surface area contributed by atoms with Crippen molar-refractivity contribution in [2.24, 2.45) is 0 Å². The molecular weight excluding hydrogens is 392 g/mol. The maximum absolute atomic E-state index is 12.8. The standard InChI is InChI=1S/C18H19F2N3O4S/c1-3-25-15-7-8-21-14(16(15)26-4-2)10-28(24)18-22-12-6-5-11(27-17(19)20)9-13(12)23-18/h5-9,17H,3-4,10H2,1-2H3,(H,22,23). The van der Waals surface area contributed by atoms with Crippen molar-refractivity contribution in [3.63, 3.8) is 0 Å². The Kier molecular flexibility index (Phi) is 6.53. The van der Waals surface area contributed by atoms with Crippen LogP contribution in [0, 0.1) is 0 Å². The number of aromatic nitrogens is 3. The summed E-state index contributed by atoms with van der Waals surface area (Å²) >= 11 is -1.56. The van der Waals surface area contributed by atoms with Crippen LogP contribution in [0.1, 0.15) is 19.5 Å². The number of aromatic amines is 1. The normalized spacial score (nSPS) is 12.4. The SMILES string of the molecule is CCOc1ccnc(C[S+]([O-])c2nc3cc(OC(F)F)ccc3[nH]2)c1OCC. The third-order valence-corrected chi connectivity index (χ3v) is 4.83. The van der Waals surface area contributed by atoms with Crippen LogP contribution in [-0.4, -0.2) is 39.3 Å². The number of benzene rings is 1. The van der Waals surface area contributed by atoms with E-state index in [4.69, 9.17) is 9.47 Å². The highest BCUT2D eigenvalue weighted by molar-refractivity contribution is 7.90. The van der Waals surface area contributed by atoms with Gasteiger partial charge in [0.1, 0.15) is 11.4 Å². The lowest BCUT2D eigenvalue weighted by molar-refractivity contribution is -0.0497. The van der Waals surface area contributed by atoms with Crippen molar-refractivity contribution in [1.29, 1.82) is 0 Å². The zero-order valence-corrected chi connectivity index (χ0v) is 16.1. The second kappa shape index (κ2) is 9.07. The number of H-pyrrole nitrogens is 1. The van der Waals surface area contributed by atoms with Crippen LogP contribution in [0.5, 0.6) is 17.2 Å². The van der Waals surface area contributed by atoms with Crippen molar-refractivity contribution in [3.8, 4) is 17.2 Å². The van der Waals surface area contributed by atoms with E-state index < -0.39 is 17.8 Å². The Morgan fingerprint density at radius 1 is 1.18 bits per heavy atom. The van der Waals surface area contributed by atoms with E-state index in [1.54, 1.807) is 18.3 Å². The number of ether oxygens (including phenoxy) is 3. The lowest BCUT2D eigenvalue weighted by Gasteiger charge is -2.14. The highest BCUT2D eigenvalue weighted by atomic mass is 32.2. The number of hydrogen-bond donors (Lipinski definition) is 1. The number of nitrogens with one attached hydrogen (secondary N) is 1. The Morgan fingerprint density at radius 2 is 1.96 bits per heavy atom. The molecule has 0 bridgehead atoms. The van der Waals surface area contributed by atoms with Crippen LogP contribution in [0.4, 0.5) is 8.78 Å². The maximum Gasteiger partial charge on any atom is 0.387 e. The van der Waals surface area contributed by atoms with Gasteiger partial charge in [-0.3, -0.25) is 9.97 Å². The van der Waals surface area contributed by atoms with Crippen molar-refractivity contribution in [2.75, 3.05) is 13.2 Å². The molecule has 0 fully saturated rings. The first-order chi connectivity index (χ1) is 13.5. The second-order valence-corrected chi connectivity index (χ2v) is 6.91. The van der Waals surface area contributed by atoms with Gasteiger partial charge in [0.2, 0.25) is 0 Å². The summed E-state index contributed by atoms with van der Waals surface area (Å²) in [5.74, 6) is 1.01. The second-order valence-electron chi connectivity index (χ2n) is 5.54. The molecule has 0 saturated carbocycles. The molecule has 2 heterocycles. The molecule has 3 rings (SSSR count). The third kappa shape index (κ3) is 4.63. The molecule has 0 amide bonds. The number of alkyl halides is 2. The van der Waals surface area contributed by atoms with Gasteiger partial charge in [-0.2, -0.15) is 13.8 Å². The molecule has 1 atom stereocenters. The minimum absolute atomic E-state index is 0.0175. The number of pyridine rings is 1. The topological polar surface area (TPSA) is 92.3 Å². The summed E-state index contributed by atoms with van der Waals surface area (Å²) in [5, 5.41) is 0.204. The van der Waals surface area contributed by atoms with Gasteiger partial charge in [-0.25, -0.2) is 0 Å². The average molecular weight is 411 g/mol. The van der Waals surface area contributed by atoms with Crippen molar-refractivity contribution in [1.82, 2.24) is 15.0 Å².